The van der Waals surface area contributed by atoms with Crippen LogP contribution in [-0.2, 0) is 16.0 Å². The molecule has 6 heteroatoms. The van der Waals surface area contributed by atoms with Gasteiger partial charge in [-0.05, 0) is 73.2 Å². The third kappa shape index (κ3) is 7.48. The van der Waals surface area contributed by atoms with Gasteiger partial charge in [-0.2, -0.15) is 0 Å². The molecule has 0 aromatic heterocycles. The molecular formula is C29H26N2O3S. The van der Waals surface area contributed by atoms with E-state index in [2.05, 4.69) is 10.6 Å². The number of thioether (sulfide) groups is 1. The van der Waals surface area contributed by atoms with Crippen molar-refractivity contribution in [3.05, 3.63) is 115 Å². The predicted molar refractivity (Wildman–Crippen MR) is 142 cm³/mol. The molecule has 0 heterocycles. The molecule has 0 aliphatic carbocycles. The highest BCUT2D eigenvalue weighted by Gasteiger charge is 2.15. The summed E-state index contributed by atoms with van der Waals surface area (Å²) in [6.45, 7) is 1.86. The second kappa shape index (κ2) is 11.9. The van der Waals surface area contributed by atoms with E-state index in [0.717, 1.165) is 21.9 Å². The predicted octanol–water partition coefficient (Wildman–Crippen LogP) is 6.78. The zero-order valence-corrected chi connectivity index (χ0v) is 20.1. The normalized spacial score (nSPS) is 11.3. The fraction of sp³-hybridized carbons (Fsp3) is 0.103. The Labute approximate surface area is 209 Å². The van der Waals surface area contributed by atoms with E-state index < -0.39 is 0 Å². The number of hydrogen-bond acceptors (Lipinski definition) is 4. The van der Waals surface area contributed by atoms with Gasteiger partial charge in [-0.1, -0.05) is 48.5 Å². The minimum absolute atomic E-state index is 0.0652. The van der Waals surface area contributed by atoms with Gasteiger partial charge in [-0.25, -0.2) is 0 Å². The summed E-state index contributed by atoms with van der Waals surface area (Å²) in [6.07, 6.45) is 0.327. The summed E-state index contributed by atoms with van der Waals surface area (Å²) in [5.74, 6) is 1.31. The molecular weight excluding hydrogens is 456 g/mol. The number of rotatable bonds is 9. The third-order valence-electron chi connectivity index (χ3n) is 5.13. The van der Waals surface area contributed by atoms with Crippen molar-refractivity contribution in [1.29, 1.82) is 0 Å². The van der Waals surface area contributed by atoms with Crippen molar-refractivity contribution in [2.75, 3.05) is 10.6 Å². The number of carbonyl (C=O) groups is 2. The van der Waals surface area contributed by atoms with Gasteiger partial charge in [0.1, 0.15) is 11.5 Å². The molecule has 0 saturated heterocycles. The highest BCUT2D eigenvalue weighted by atomic mass is 32.2. The first-order chi connectivity index (χ1) is 17.0. The molecule has 0 bridgehead atoms. The number of ether oxygens (including phenoxy) is 1. The second-order valence-corrected chi connectivity index (χ2v) is 9.34. The van der Waals surface area contributed by atoms with Crippen LogP contribution < -0.4 is 15.4 Å². The van der Waals surface area contributed by atoms with E-state index in [1.54, 1.807) is 0 Å². The van der Waals surface area contributed by atoms with Crippen molar-refractivity contribution in [2.45, 2.75) is 23.5 Å². The maximum Gasteiger partial charge on any atom is 0.237 e. The van der Waals surface area contributed by atoms with Crippen LogP contribution in [0.4, 0.5) is 11.4 Å². The lowest BCUT2D eigenvalue weighted by atomic mass is 10.1. The van der Waals surface area contributed by atoms with E-state index in [1.807, 2.05) is 116 Å². The van der Waals surface area contributed by atoms with Crippen LogP contribution in [0.2, 0.25) is 0 Å². The molecule has 2 amide bonds. The quantitative estimate of drug-likeness (QED) is 0.258. The van der Waals surface area contributed by atoms with Gasteiger partial charge < -0.3 is 15.4 Å². The molecule has 1 unspecified atom stereocenters. The lowest BCUT2D eigenvalue weighted by Crippen LogP contribution is -2.22. The van der Waals surface area contributed by atoms with Crippen LogP contribution in [0.3, 0.4) is 0 Å². The summed E-state index contributed by atoms with van der Waals surface area (Å²) in [5.41, 5.74) is 2.40. The Morgan fingerprint density at radius 3 is 1.91 bits per heavy atom. The highest BCUT2D eigenvalue weighted by molar-refractivity contribution is 8.00. The number of amides is 2. The molecule has 0 aliphatic heterocycles. The molecule has 0 aliphatic rings. The lowest BCUT2D eigenvalue weighted by molar-refractivity contribution is -0.116. The molecule has 35 heavy (non-hydrogen) atoms. The van der Waals surface area contributed by atoms with Crippen LogP contribution in [0.15, 0.2) is 114 Å². The van der Waals surface area contributed by atoms with Crippen molar-refractivity contribution in [2.24, 2.45) is 0 Å². The zero-order valence-electron chi connectivity index (χ0n) is 19.3. The minimum atomic E-state index is -0.297. The Balaban J connectivity index is 1.25. The number of nitrogens with one attached hydrogen (secondary N) is 2. The number of anilines is 2. The molecule has 1 atom stereocenters. The smallest absolute Gasteiger partial charge is 0.237 e. The van der Waals surface area contributed by atoms with Crippen LogP contribution in [0.1, 0.15) is 12.5 Å². The van der Waals surface area contributed by atoms with Crippen molar-refractivity contribution < 1.29 is 14.3 Å². The van der Waals surface area contributed by atoms with Gasteiger partial charge >= 0.3 is 0 Å². The molecule has 4 aromatic carbocycles. The fourth-order valence-corrected chi connectivity index (χ4v) is 4.20. The summed E-state index contributed by atoms with van der Waals surface area (Å²) < 4.78 is 5.78. The van der Waals surface area contributed by atoms with E-state index in [4.69, 9.17) is 4.74 Å². The van der Waals surface area contributed by atoms with Crippen molar-refractivity contribution in [3.63, 3.8) is 0 Å². The van der Waals surface area contributed by atoms with Crippen LogP contribution >= 0.6 is 11.8 Å². The van der Waals surface area contributed by atoms with Crippen LogP contribution in [0, 0.1) is 0 Å². The second-order valence-electron chi connectivity index (χ2n) is 7.92. The highest BCUT2D eigenvalue weighted by Crippen LogP contribution is 2.27. The van der Waals surface area contributed by atoms with Crippen LogP contribution in [0.5, 0.6) is 11.5 Å². The lowest BCUT2D eigenvalue weighted by Gasteiger charge is -2.13. The van der Waals surface area contributed by atoms with Gasteiger partial charge in [0.25, 0.3) is 0 Å². The van der Waals surface area contributed by atoms with E-state index in [-0.39, 0.29) is 17.1 Å². The van der Waals surface area contributed by atoms with Crippen molar-refractivity contribution in [1.82, 2.24) is 0 Å². The van der Waals surface area contributed by atoms with Crippen molar-refractivity contribution in [3.8, 4) is 11.5 Å². The average molecular weight is 483 g/mol. The first kappa shape index (κ1) is 24.1. The van der Waals surface area contributed by atoms with Gasteiger partial charge in [0.2, 0.25) is 11.8 Å². The average Bonchev–Trinajstić information content (AvgIpc) is 2.87. The first-order valence-corrected chi connectivity index (χ1v) is 12.2. The number of hydrogen-bond donors (Lipinski definition) is 2. The van der Waals surface area contributed by atoms with E-state index in [9.17, 15) is 9.59 Å². The molecule has 4 aromatic rings. The molecule has 0 radical (unpaired) electrons. The fourth-order valence-electron chi connectivity index (χ4n) is 3.34. The summed E-state index contributed by atoms with van der Waals surface area (Å²) >= 11 is 1.46. The Morgan fingerprint density at radius 1 is 0.714 bits per heavy atom. The molecule has 0 fully saturated rings. The summed E-state index contributed by atoms with van der Waals surface area (Å²) in [5, 5.41) is 5.55. The van der Waals surface area contributed by atoms with Gasteiger partial charge in [0.05, 0.1) is 11.7 Å². The number of para-hydroxylation sites is 1. The Morgan fingerprint density at radius 2 is 1.26 bits per heavy atom. The molecule has 176 valence electrons. The molecule has 0 saturated carbocycles. The molecule has 0 spiro atoms. The van der Waals surface area contributed by atoms with Crippen LogP contribution in [-0.4, -0.2) is 17.1 Å². The number of benzene rings is 4. The van der Waals surface area contributed by atoms with Gasteiger partial charge in [-0.15, -0.1) is 11.8 Å². The third-order valence-corrected chi connectivity index (χ3v) is 6.24. The first-order valence-electron chi connectivity index (χ1n) is 11.3. The largest absolute Gasteiger partial charge is 0.457 e. The van der Waals surface area contributed by atoms with Gasteiger partial charge in [0.15, 0.2) is 0 Å². The standard InChI is InChI=1S/C29H26N2O3S/c1-21(29(33)31-24-12-16-26(17-13-24)34-25-10-6-3-7-11-25)35-27-18-14-23(15-19-27)30-28(32)20-22-8-4-2-5-9-22/h2-19,21H,20H2,1H3,(H,30,32)(H,31,33). The van der Waals surface area contributed by atoms with Crippen LogP contribution in [0.25, 0.3) is 0 Å². The Kier molecular flexibility index (Phi) is 8.20. The SMILES string of the molecule is CC(Sc1ccc(NC(=O)Cc2ccccc2)cc1)C(=O)Nc1ccc(Oc2ccccc2)cc1. The molecule has 4 rings (SSSR count). The maximum atomic E-state index is 12.7. The van der Waals surface area contributed by atoms with E-state index in [1.165, 1.54) is 11.8 Å². The van der Waals surface area contributed by atoms with Gasteiger partial charge in [0, 0.05) is 16.3 Å². The zero-order chi connectivity index (χ0) is 24.5. The Hall–Kier alpha value is -4.03. The summed E-state index contributed by atoms with van der Waals surface area (Å²) in [6, 6.07) is 34.0. The summed E-state index contributed by atoms with van der Waals surface area (Å²) in [4.78, 5) is 25.8. The monoisotopic (exact) mass is 482 g/mol. The topological polar surface area (TPSA) is 67.4 Å². The minimum Gasteiger partial charge on any atom is -0.457 e. The maximum absolute atomic E-state index is 12.7. The Bertz CT molecular complexity index is 1240. The molecule has 2 N–H and O–H groups in total. The van der Waals surface area contributed by atoms with E-state index in [0.29, 0.717) is 17.9 Å². The van der Waals surface area contributed by atoms with Gasteiger partial charge in [-0.3, -0.25) is 9.59 Å². The van der Waals surface area contributed by atoms with Crippen molar-refractivity contribution >= 4 is 35.0 Å². The summed E-state index contributed by atoms with van der Waals surface area (Å²) in [7, 11) is 0. The molecule has 5 nitrogen and oxygen atoms in total. The number of carbonyl (C=O) groups excluding carboxylic acids is 2. The van der Waals surface area contributed by atoms with E-state index >= 15 is 0 Å².